The third kappa shape index (κ3) is 33.6. The summed E-state index contributed by atoms with van der Waals surface area (Å²) >= 11 is 0. The van der Waals surface area contributed by atoms with E-state index in [1.165, 1.54) is 103 Å². The van der Waals surface area contributed by atoms with Gasteiger partial charge in [0, 0.05) is 12.8 Å². The van der Waals surface area contributed by atoms with Gasteiger partial charge < -0.3 is 10.2 Å². The van der Waals surface area contributed by atoms with E-state index in [-0.39, 0.29) is 59.1 Å². The molecule has 4 nitrogen and oxygen atoms in total. The van der Waals surface area contributed by atoms with Crippen molar-refractivity contribution in [1.82, 2.24) is 0 Å². The summed E-state index contributed by atoms with van der Waals surface area (Å²) in [5, 5.41) is 17.1. The average molecular weight is 447 g/mol. The number of hydrogen-bond donors (Lipinski definition) is 2. The maximum absolute atomic E-state index is 10.4. The molecular weight excluding hydrogens is 398 g/mol. The summed E-state index contributed by atoms with van der Waals surface area (Å²) in [6.45, 7) is 0. The number of aliphatic carboxylic acids is 2. The first-order valence-electron chi connectivity index (χ1n) is 12.1. The van der Waals surface area contributed by atoms with Crippen molar-refractivity contribution in [2.75, 3.05) is 0 Å². The fourth-order valence-corrected chi connectivity index (χ4v) is 3.73. The van der Waals surface area contributed by atoms with Crippen molar-refractivity contribution in [3.63, 3.8) is 0 Å². The first kappa shape index (κ1) is 35.5. The molecule has 0 radical (unpaired) electrons. The van der Waals surface area contributed by atoms with Crippen LogP contribution in [0, 0.1) is 0 Å². The van der Waals surface area contributed by atoms with Crippen molar-refractivity contribution in [3.8, 4) is 0 Å². The molecule has 0 unspecified atom stereocenters. The molecule has 0 saturated carbocycles. The predicted octanol–water partition coefficient (Wildman–Crippen LogP) is 6.44. The van der Waals surface area contributed by atoms with E-state index in [2.05, 4.69) is 0 Å². The van der Waals surface area contributed by atoms with Crippen molar-refractivity contribution in [1.29, 1.82) is 0 Å². The maximum atomic E-state index is 10.4. The predicted molar refractivity (Wildman–Crippen MR) is 131 cm³/mol. The van der Waals surface area contributed by atoms with Crippen LogP contribution in [-0.2, 0) is 9.59 Å². The minimum atomic E-state index is -0.665. The molecule has 0 atom stereocenters. The summed E-state index contributed by atoms with van der Waals surface area (Å²) in [6, 6.07) is 0. The average Bonchev–Trinajstić information content (AvgIpc) is 2.65. The van der Waals surface area contributed by atoms with Gasteiger partial charge in [0.2, 0.25) is 0 Å². The SMILES string of the molecule is O=C(O)CCCCCCCCCCCCCCCCCCCCCCC(=O)O.[NaH].[NaH]. The van der Waals surface area contributed by atoms with Crippen molar-refractivity contribution in [2.45, 2.75) is 141 Å². The van der Waals surface area contributed by atoms with Gasteiger partial charge in [0.25, 0.3) is 0 Å². The molecular formula is C24H48Na2O4. The zero-order valence-corrected chi connectivity index (χ0v) is 18.3. The molecule has 170 valence electrons. The van der Waals surface area contributed by atoms with Gasteiger partial charge >= 0.3 is 71.1 Å². The standard InChI is InChI=1S/C24H46O4.2Na.2H/c25-23(26)21-19-17-15-13-11-9-7-5-3-1-2-4-6-8-10-12-14-16-18-20-22-24(27)28;;;;/h1-22H2,(H,25,26)(H,27,28);;;;. The van der Waals surface area contributed by atoms with Crippen LogP contribution in [0.25, 0.3) is 0 Å². The summed E-state index contributed by atoms with van der Waals surface area (Å²) in [7, 11) is 0. The van der Waals surface area contributed by atoms with E-state index in [9.17, 15) is 9.59 Å². The Balaban J connectivity index is -0.00000364. The fraction of sp³-hybridized carbons (Fsp3) is 0.917. The van der Waals surface area contributed by atoms with Crippen LogP contribution in [0.5, 0.6) is 0 Å². The number of carboxylic acid groups (broad SMARTS) is 2. The van der Waals surface area contributed by atoms with Gasteiger partial charge in [-0.3, -0.25) is 9.59 Å². The monoisotopic (exact) mass is 446 g/mol. The number of carboxylic acids is 2. The van der Waals surface area contributed by atoms with E-state index in [1.54, 1.807) is 0 Å². The second-order valence-corrected chi connectivity index (χ2v) is 8.36. The molecule has 0 saturated heterocycles. The van der Waals surface area contributed by atoms with Gasteiger partial charge in [-0.1, -0.05) is 116 Å². The molecule has 2 N–H and O–H groups in total. The zero-order chi connectivity index (χ0) is 20.7. The van der Waals surface area contributed by atoms with E-state index < -0.39 is 11.9 Å². The Hall–Kier alpha value is 0.940. The van der Waals surface area contributed by atoms with Gasteiger partial charge in [0.15, 0.2) is 0 Å². The Morgan fingerprint density at radius 3 is 0.600 bits per heavy atom. The van der Waals surface area contributed by atoms with Crippen LogP contribution in [0.3, 0.4) is 0 Å². The van der Waals surface area contributed by atoms with E-state index in [4.69, 9.17) is 10.2 Å². The molecule has 0 rings (SSSR count). The van der Waals surface area contributed by atoms with Crippen LogP contribution in [-0.4, -0.2) is 81.3 Å². The van der Waals surface area contributed by atoms with Crippen LogP contribution < -0.4 is 0 Å². The summed E-state index contributed by atoms with van der Waals surface area (Å²) in [6.07, 6.45) is 25.7. The van der Waals surface area contributed by atoms with Gasteiger partial charge in [0.1, 0.15) is 0 Å². The Labute approximate surface area is 230 Å². The second kappa shape index (κ2) is 29.9. The van der Waals surface area contributed by atoms with Crippen molar-refractivity contribution >= 4 is 71.1 Å². The van der Waals surface area contributed by atoms with Crippen LogP contribution >= 0.6 is 0 Å². The summed E-state index contributed by atoms with van der Waals surface area (Å²) in [4.78, 5) is 20.8. The van der Waals surface area contributed by atoms with Gasteiger partial charge in [-0.05, 0) is 12.8 Å². The molecule has 0 heterocycles. The molecule has 0 aliphatic rings. The molecule has 0 aromatic carbocycles. The first-order chi connectivity index (χ1) is 13.6. The van der Waals surface area contributed by atoms with Crippen molar-refractivity contribution in [3.05, 3.63) is 0 Å². The third-order valence-corrected chi connectivity index (χ3v) is 5.53. The Bertz CT molecular complexity index is 331. The van der Waals surface area contributed by atoms with E-state index in [1.807, 2.05) is 0 Å². The normalized spacial score (nSPS) is 10.3. The molecule has 30 heavy (non-hydrogen) atoms. The first-order valence-corrected chi connectivity index (χ1v) is 12.1. The Morgan fingerprint density at radius 2 is 0.467 bits per heavy atom. The Morgan fingerprint density at radius 1 is 0.333 bits per heavy atom. The molecule has 0 spiro atoms. The van der Waals surface area contributed by atoms with Gasteiger partial charge in [0.05, 0.1) is 0 Å². The number of rotatable bonds is 23. The van der Waals surface area contributed by atoms with Crippen LogP contribution in [0.1, 0.15) is 141 Å². The molecule has 0 aromatic heterocycles. The van der Waals surface area contributed by atoms with Gasteiger partial charge in [-0.25, -0.2) is 0 Å². The van der Waals surface area contributed by atoms with Crippen LogP contribution in [0.15, 0.2) is 0 Å². The van der Waals surface area contributed by atoms with E-state index >= 15 is 0 Å². The minimum absolute atomic E-state index is 0. The fourth-order valence-electron chi connectivity index (χ4n) is 3.73. The van der Waals surface area contributed by atoms with Crippen LogP contribution in [0.4, 0.5) is 0 Å². The van der Waals surface area contributed by atoms with Gasteiger partial charge in [-0.2, -0.15) is 0 Å². The number of unbranched alkanes of at least 4 members (excludes halogenated alkanes) is 19. The summed E-state index contributed by atoms with van der Waals surface area (Å²) < 4.78 is 0. The topological polar surface area (TPSA) is 74.6 Å². The van der Waals surface area contributed by atoms with E-state index in [0.717, 1.165) is 25.7 Å². The number of carbonyl (C=O) groups is 2. The van der Waals surface area contributed by atoms with Gasteiger partial charge in [-0.15, -0.1) is 0 Å². The molecule has 0 aromatic rings. The molecule has 0 aliphatic carbocycles. The molecule has 6 heteroatoms. The Kier molecular flexibility index (Phi) is 35.5. The number of hydrogen-bond acceptors (Lipinski definition) is 2. The second-order valence-electron chi connectivity index (χ2n) is 8.36. The van der Waals surface area contributed by atoms with Crippen molar-refractivity contribution < 1.29 is 19.8 Å². The third-order valence-electron chi connectivity index (χ3n) is 5.53. The van der Waals surface area contributed by atoms with Crippen LogP contribution in [0.2, 0.25) is 0 Å². The molecule has 0 amide bonds. The molecule has 0 aliphatic heterocycles. The summed E-state index contributed by atoms with van der Waals surface area (Å²) in [5.74, 6) is -1.33. The quantitative estimate of drug-likeness (QED) is 0.140. The zero-order valence-electron chi connectivity index (χ0n) is 18.3. The van der Waals surface area contributed by atoms with E-state index in [0.29, 0.717) is 12.8 Å². The summed E-state index contributed by atoms with van der Waals surface area (Å²) in [5.41, 5.74) is 0. The molecule has 0 bridgehead atoms. The van der Waals surface area contributed by atoms with Crippen molar-refractivity contribution in [2.24, 2.45) is 0 Å². The molecule has 0 fully saturated rings.